The highest BCUT2D eigenvalue weighted by atomic mass is 32.1. The van der Waals surface area contributed by atoms with Crippen molar-refractivity contribution in [1.29, 1.82) is 0 Å². The van der Waals surface area contributed by atoms with E-state index in [-0.39, 0.29) is 11.2 Å². The van der Waals surface area contributed by atoms with E-state index in [1.165, 1.54) is 11.5 Å². The van der Waals surface area contributed by atoms with Gasteiger partial charge in [-0.3, -0.25) is 5.32 Å². The number of carbonyl (C=O) groups is 1. The molecule has 1 aromatic heterocycles. The van der Waals surface area contributed by atoms with Gasteiger partial charge in [0.15, 0.2) is 0 Å². The molecule has 132 valence electrons. The molecule has 0 unspecified atom stereocenters. The molecule has 25 heavy (non-hydrogen) atoms. The van der Waals surface area contributed by atoms with E-state index in [0.717, 1.165) is 15.9 Å². The number of aryl methyl sites for hydroxylation is 1. The van der Waals surface area contributed by atoms with Crippen LogP contribution in [0, 0.1) is 6.92 Å². The van der Waals surface area contributed by atoms with Gasteiger partial charge in [-0.25, -0.2) is 4.79 Å². The minimum absolute atomic E-state index is 0.385. The molecule has 0 spiro atoms. The summed E-state index contributed by atoms with van der Waals surface area (Å²) in [6.45, 7) is 9.86. The molecule has 1 aromatic carbocycles. The van der Waals surface area contributed by atoms with Crippen molar-refractivity contribution in [2.24, 2.45) is 0 Å². The number of anilines is 1. The molecule has 1 fully saturated rings. The Morgan fingerprint density at radius 2 is 1.72 bits per heavy atom. The zero-order valence-corrected chi connectivity index (χ0v) is 15.7. The van der Waals surface area contributed by atoms with E-state index in [2.05, 4.69) is 9.69 Å². The van der Waals surface area contributed by atoms with Crippen molar-refractivity contribution in [2.45, 2.75) is 45.8 Å². The Balaban J connectivity index is 1.86. The lowest BCUT2D eigenvalue weighted by Gasteiger charge is -2.32. The number of amides is 1. The molecule has 1 aliphatic heterocycles. The Kier molecular flexibility index (Phi) is 4.39. The molecule has 8 heteroatoms. The SMILES string of the molecule is Cc1nsc(-c2ccc(B3OC(C)(C)C(C)(C)O3)cc2)c1NC(=O)O. The lowest BCUT2D eigenvalue weighted by molar-refractivity contribution is 0.00578. The van der Waals surface area contributed by atoms with Gasteiger partial charge in [0.2, 0.25) is 0 Å². The molecule has 6 nitrogen and oxygen atoms in total. The highest BCUT2D eigenvalue weighted by Gasteiger charge is 2.51. The highest BCUT2D eigenvalue weighted by molar-refractivity contribution is 7.10. The molecular weight excluding hydrogens is 339 g/mol. The monoisotopic (exact) mass is 360 g/mol. The van der Waals surface area contributed by atoms with Gasteiger partial charge in [0.1, 0.15) is 0 Å². The maximum atomic E-state index is 11.0. The fourth-order valence-corrected chi connectivity index (χ4v) is 3.44. The largest absolute Gasteiger partial charge is 0.494 e. The number of carboxylic acid groups (broad SMARTS) is 1. The van der Waals surface area contributed by atoms with Crippen molar-refractivity contribution in [1.82, 2.24) is 4.37 Å². The zero-order valence-electron chi connectivity index (χ0n) is 14.9. The number of hydrogen-bond acceptors (Lipinski definition) is 5. The van der Waals surface area contributed by atoms with Crippen LogP contribution in [0.25, 0.3) is 10.4 Å². The van der Waals surface area contributed by atoms with Crippen LogP contribution >= 0.6 is 11.5 Å². The molecule has 0 bridgehead atoms. The quantitative estimate of drug-likeness (QED) is 0.819. The van der Waals surface area contributed by atoms with E-state index >= 15 is 0 Å². The molecule has 2 heterocycles. The molecule has 2 aromatic rings. The molecule has 0 atom stereocenters. The maximum absolute atomic E-state index is 11.0. The predicted molar refractivity (Wildman–Crippen MR) is 99.7 cm³/mol. The van der Waals surface area contributed by atoms with E-state index in [9.17, 15) is 4.79 Å². The van der Waals surface area contributed by atoms with Gasteiger partial charge in [-0.2, -0.15) is 4.37 Å². The first kappa shape index (κ1) is 17.9. The summed E-state index contributed by atoms with van der Waals surface area (Å²) in [4.78, 5) is 11.8. The average molecular weight is 360 g/mol. The van der Waals surface area contributed by atoms with Gasteiger partial charge in [0.05, 0.1) is 27.5 Å². The first-order valence-electron chi connectivity index (χ1n) is 8.03. The Labute approximate surface area is 151 Å². The molecule has 1 amide bonds. The normalized spacial score (nSPS) is 18.4. The summed E-state index contributed by atoms with van der Waals surface area (Å²) in [5.74, 6) is 0. The Hall–Kier alpha value is -1.90. The van der Waals surface area contributed by atoms with Gasteiger partial charge in [-0.1, -0.05) is 24.3 Å². The summed E-state index contributed by atoms with van der Waals surface area (Å²) in [5, 5.41) is 11.4. The molecule has 0 radical (unpaired) electrons. The second-order valence-electron chi connectivity index (χ2n) is 7.11. The number of nitrogens with zero attached hydrogens (tertiary/aromatic N) is 1. The van der Waals surface area contributed by atoms with Crippen molar-refractivity contribution >= 4 is 35.9 Å². The molecule has 1 saturated heterocycles. The smallest absolute Gasteiger partial charge is 0.465 e. The lowest BCUT2D eigenvalue weighted by atomic mass is 9.79. The molecular formula is C17H21BN2O4S. The molecule has 1 aliphatic rings. The van der Waals surface area contributed by atoms with Crippen molar-refractivity contribution in [3.8, 4) is 10.4 Å². The summed E-state index contributed by atoms with van der Waals surface area (Å²) in [5.41, 5.74) is 2.25. The average Bonchev–Trinajstić information content (AvgIpc) is 2.96. The van der Waals surface area contributed by atoms with E-state index in [4.69, 9.17) is 14.4 Å². The Bertz CT molecular complexity index is 785. The molecule has 3 rings (SSSR count). The number of rotatable bonds is 3. The van der Waals surface area contributed by atoms with E-state index < -0.39 is 13.2 Å². The standard InChI is InChI=1S/C17H21BN2O4S/c1-10-13(19-15(21)22)14(25-20-10)11-6-8-12(9-7-11)18-23-16(2,3)17(4,5)24-18/h6-9,19H,1-5H3,(H,21,22). The molecule has 0 aliphatic carbocycles. The fraction of sp³-hybridized carbons (Fsp3) is 0.412. The minimum atomic E-state index is -1.10. The number of aromatic nitrogens is 1. The fourth-order valence-electron chi connectivity index (χ4n) is 2.59. The van der Waals surface area contributed by atoms with Crippen LogP contribution in [-0.2, 0) is 9.31 Å². The van der Waals surface area contributed by atoms with Gasteiger partial charge in [0, 0.05) is 0 Å². The summed E-state index contributed by atoms with van der Waals surface area (Å²) < 4.78 is 16.4. The van der Waals surface area contributed by atoms with Crippen molar-refractivity contribution in [2.75, 3.05) is 5.32 Å². The van der Waals surface area contributed by atoms with Crippen molar-refractivity contribution in [3.63, 3.8) is 0 Å². The highest BCUT2D eigenvalue weighted by Crippen LogP contribution is 2.37. The second kappa shape index (κ2) is 6.12. The van der Waals surface area contributed by atoms with Crippen LogP contribution in [0.5, 0.6) is 0 Å². The van der Waals surface area contributed by atoms with Crippen LogP contribution in [0.1, 0.15) is 33.4 Å². The third-order valence-corrected chi connectivity index (χ3v) is 5.78. The molecule has 2 N–H and O–H groups in total. The van der Waals surface area contributed by atoms with E-state index in [1.54, 1.807) is 6.92 Å². The van der Waals surface area contributed by atoms with Crippen molar-refractivity contribution < 1.29 is 19.2 Å². The van der Waals surface area contributed by atoms with Crippen LogP contribution < -0.4 is 10.8 Å². The van der Waals surface area contributed by atoms with Gasteiger partial charge in [-0.05, 0) is 57.2 Å². The third kappa shape index (κ3) is 3.29. The summed E-state index contributed by atoms with van der Waals surface area (Å²) in [7, 11) is -0.418. The Morgan fingerprint density at radius 3 is 2.24 bits per heavy atom. The number of hydrogen-bond donors (Lipinski definition) is 2. The summed E-state index contributed by atoms with van der Waals surface area (Å²) in [6.07, 6.45) is -1.10. The van der Waals surface area contributed by atoms with E-state index in [0.29, 0.717) is 11.4 Å². The van der Waals surface area contributed by atoms with Crippen LogP contribution in [0.4, 0.5) is 10.5 Å². The second-order valence-corrected chi connectivity index (χ2v) is 7.89. The maximum Gasteiger partial charge on any atom is 0.494 e. The summed E-state index contributed by atoms with van der Waals surface area (Å²) >= 11 is 1.27. The van der Waals surface area contributed by atoms with Gasteiger partial charge in [-0.15, -0.1) is 0 Å². The van der Waals surface area contributed by atoms with E-state index in [1.807, 2.05) is 52.0 Å². The topological polar surface area (TPSA) is 80.7 Å². The van der Waals surface area contributed by atoms with Gasteiger partial charge >= 0.3 is 13.2 Å². The van der Waals surface area contributed by atoms with Crippen LogP contribution in [-0.4, -0.2) is 33.9 Å². The first-order valence-corrected chi connectivity index (χ1v) is 8.80. The van der Waals surface area contributed by atoms with Crippen LogP contribution in [0.3, 0.4) is 0 Å². The van der Waals surface area contributed by atoms with Crippen LogP contribution in [0.2, 0.25) is 0 Å². The van der Waals surface area contributed by atoms with Crippen molar-refractivity contribution in [3.05, 3.63) is 30.0 Å². The number of nitrogens with one attached hydrogen (secondary N) is 1. The molecule has 0 saturated carbocycles. The predicted octanol–water partition coefficient (Wildman–Crippen LogP) is 3.51. The first-order chi connectivity index (χ1) is 11.6. The number of benzene rings is 1. The Morgan fingerprint density at radius 1 is 1.16 bits per heavy atom. The minimum Gasteiger partial charge on any atom is -0.465 e. The van der Waals surface area contributed by atoms with Gasteiger partial charge in [0.25, 0.3) is 0 Å². The van der Waals surface area contributed by atoms with Gasteiger partial charge < -0.3 is 14.4 Å². The zero-order chi connectivity index (χ0) is 18.4. The van der Waals surface area contributed by atoms with Crippen LogP contribution in [0.15, 0.2) is 24.3 Å². The lowest BCUT2D eigenvalue weighted by Crippen LogP contribution is -2.41. The third-order valence-electron chi connectivity index (χ3n) is 4.79. The summed E-state index contributed by atoms with van der Waals surface area (Å²) in [6, 6.07) is 7.74.